The monoisotopic (exact) mass is 293 g/mol. The van der Waals surface area contributed by atoms with Crippen molar-refractivity contribution in [1.82, 2.24) is 5.32 Å². The summed E-state index contributed by atoms with van der Waals surface area (Å²) in [5, 5.41) is 4.94. The van der Waals surface area contributed by atoms with Gasteiger partial charge >= 0.3 is 0 Å². The molecule has 0 saturated heterocycles. The van der Waals surface area contributed by atoms with Crippen LogP contribution in [-0.2, 0) is 6.42 Å². The lowest BCUT2D eigenvalue weighted by Crippen LogP contribution is -2.20. The average Bonchev–Trinajstić information content (AvgIpc) is 2.39. The van der Waals surface area contributed by atoms with Crippen LogP contribution in [0.1, 0.15) is 22.7 Å². The third-order valence-corrected chi connectivity index (χ3v) is 3.94. The molecule has 0 amide bonds. The van der Waals surface area contributed by atoms with Gasteiger partial charge in [-0.2, -0.15) is 0 Å². The summed E-state index contributed by atoms with van der Waals surface area (Å²) in [6.45, 7) is 2.08. The second-order valence-corrected chi connectivity index (χ2v) is 5.48. The Balaban J connectivity index is 2.28. The Morgan fingerprint density at radius 3 is 2.47 bits per heavy atom. The van der Waals surface area contributed by atoms with Crippen LogP contribution in [0, 0.1) is 6.92 Å². The lowest BCUT2D eigenvalue weighted by molar-refractivity contribution is 0.589. The van der Waals surface area contributed by atoms with Crippen molar-refractivity contribution < 1.29 is 0 Å². The van der Waals surface area contributed by atoms with Crippen LogP contribution in [0.3, 0.4) is 0 Å². The third-order valence-electron chi connectivity index (χ3n) is 3.34. The van der Waals surface area contributed by atoms with E-state index in [1.54, 1.807) is 0 Å². The van der Waals surface area contributed by atoms with Crippen molar-refractivity contribution in [3.8, 4) is 0 Å². The Hall–Kier alpha value is -1.02. The maximum absolute atomic E-state index is 6.23. The highest BCUT2D eigenvalue weighted by Crippen LogP contribution is 2.26. The Labute approximate surface area is 124 Å². The molecule has 0 spiro atoms. The third kappa shape index (κ3) is 3.50. The molecule has 0 fully saturated rings. The van der Waals surface area contributed by atoms with E-state index in [4.69, 9.17) is 23.2 Å². The first kappa shape index (κ1) is 14.4. The van der Waals surface area contributed by atoms with Crippen molar-refractivity contribution in [2.24, 2.45) is 0 Å². The molecule has 0 heterocycles. The van der Waals surface area contributed by atoms with E-state index in [0.29, 0.717) is 0 Å². The Morgan fingerprint density at radius 2 is 1.84 bits per heavy atom. The molecule has 0 bridgehead atoms. The second kappa shape index (κ2) is 6.42. The summed E-state index contributed by atoms with van der Waals surface area (Å²) < 4.78 is 0. The molecule has 1 unspecified atom stereocenters. The van der Waals surface area contributed by atoms with E-state index in [1.165, 1.54) is 11.1 Å². The van der Waals surface area contributed by atoms with Crippen molar-refractivity contribution in [1.29, 1.82) is 0 Å². The fourth-order valence-electron chi connectivity index (χ4n) is 2.28. The van der Waals surface area contributed by atoms with Crippen LogP contribution in [0.5, 0.6) is 0 Å². The second-order valence-electron chi connectivity index (χ2n) is 4.64. The predicted octanol–water partition coefficient (Wildman–Crippen LogP) is 4.81. The number of nitrogens with one attached hydrogen (secondary N) is 1. The normalized spacial score (nSPS) is 12.4. The van der Waals surface area contributed by atoms with Gasteiger partial charge in [0.15, 0.2) is 0 Å². The molecular formula is C16H17Cl2N. The van der Waals surface area contributed by atoms with Crippen LogP contribution in [-0.4, -0.2) is 7.05 Å². The summed E-state index contributed by atoms with van der Waals surface area (Å²) in [5.41, 5.74) is 3.60. The molecule has 0 aliphatic rings. The highest BCUT2D eigenvalue weighted by atomic mass is 35.5. The van der Waals surface area contributed by atoms with E-state index in [9.17, 15) is 0 Å². The van der Waals surface area contributed by atoms with Gasteiger partial charge in [-0.3, -0.25) is 0 Å². The van der Waals surface area contributed by atoms with Crippen LogP contribution in [0.4, 0.5) is 0 Å². The van der Waals surface area contributed by atoms with Crippen molar-refractivity contribution >= 4 is 23.2 Å². The average molecular weight is 294 g/mol. The minimum absolute atomic E-state index is 0.233. The lowest BCUT2D eigenvalue weighted by Gasteiger charge is -2.20. The highest BCUT2D eigenvalue weighted by molar-refractivity contribution is 6.31. The molecule has 0 aromatic heterocycles. The van der Waals surface area contributed by atoms with Gasteiger partial charge in [0.25, 0.3) is 0 Å². The number of likely N-dealkylation sites (N-methyl/N-ethyl adjacent to an activating group) is 1. The number of rotatable bonds is 4. The number of hydrogen-bond acceptors (Lipinski definition) is 1. The fraction of sp³-hybridized carbons (Fsp3) is 0.250. The zero-order valence-electron chi connectivity index (χ0n) is 11.1. The van der Waals surface area contributed by atoms with Gasteiger partial charge in [-0.15, -0.1) is 0 Å². The summed E-state index contributed by atoms with van der Waals surface area (Å²) in [6.07, 6.45) is 0.860. The van der Waals surface area contributed by atoms with Crippen LogP contribution in [0.2, 0.25) is 10.0 Å². The van der Waals surface area contributed by atoms with E-state index in [1.807, 2.05) is 37.4 Å². The van der Waals surface area contributed by atoms with Gasteiger partial charge in [0.05, 0.1) is 0 Å². The first-order valence-corrected chi connectivity index (χ1v) is 7.04. The quantitative estimate of drug-likeness (QED) is 0.853. The van der Waals surface area contributed by atoms with Gasteiger partial charge in [0.2, 0.25) is 0 Å². The van der Waals surface area contributed by atoms with Gasteiger partial charge in [-0.05, 0) is 55.3 Å². The molecule has 2 aromatic carbocycles. The molecule has 1 atom stereocenters. The molecule has 100 valence electrons. The standard InChI is InChI=1S/C16H17Cl2N/c1-11-9-13(17)7-8-14(11)16(19-2)10-12-5-3-4-6-15(12)18/h3-9,16,19H,10H2,1-2H3. The van der Waals surface area contributed by atoms with Crippen LogP contribution >= 0.6 is 23.2 Å². The van der Waals surface area contributed by atoms with Gasteiger partial charge < -0.3 is 5.32 Å². The van der Waals surface area contributed by atoms with Gasteiger partial charge in [-0.25, -0.2) is 0 Å². The number of halogens is 2. The van der Waals surface area contributed by atoms with Crippen molar-refractivity contribution in [2.75, 3.05) is 7.05 Å². The van der Waals surface area contributed by atoms with Crippen LogP contribution in [0.15, 0.2) is 42.5 Å². The first-order chi connectivity index (χ1) is 9.11. The maximum Gasteiger partial charge on any atom is 0.0438 e. The molecule has 0 aliphatic carbocycles. The topological polar surface area (TPSA) is 12.0 Å². The van der Waals surface area contributed by atoms with E-state index in [-0.39, 0.29) is 6.04 Å². The smallest absolute Gasteiger partial charge is 0.0438 e. The first-order valence-electron chi connectivity index (χ1n) is 6.28. The number of hydrogen-bond donors (Lipinski definition) is 1. The van der Waals surface area contributed by atoms with E-state index >= 15 is 0 Å². The molecule has 1 nitrogen and oxygen atoms in total. The van der Waals surface area contributed by atoms with Gasteiger partial charge in [-0.1, -0.05) is 47.5 Å². The minimum atomic E-state index is 0.233. The molecular weight excluding hydrogens is 277 g/mol. The number of benzene rings is 2. The van der Waals surface area contributed by atoms with Crippen molar-refractivity contribution in [3.05, 3.63) is 69.2 Å². The van der Waals surface area contributed by atoms with Gasteiger partial charge in [0.1, 0.15) is 0 Å². The summed E-state index contributed by atoms with van der Waals surface area (Å²) >= 11 is 12.2. The Kier molecular flexibility index (Phi) is 4.87. The zero-order valence-corrected chi connectivity index (χ0v) is 12.6. The molecule has 1 N–H and O–H groups in total. The van der Waals surface area contributed by atoms with Crippen molar-refractivity contribution in [3.63, 3.8) is 0 Å². The molecule has 3 heteroatoms. The fourth-order valence-corrected chi connectivity index (χ4v) is 2.72. The maximum atomic E-state index is 6.23. The van der Waals surface area contributed by atoms with E-state index < -0.39 is 0 Å². The van der Waals surface area contributed by atoms with Crippen LogP contribution in [0.25, 0.3) is 0 Å². The van der Waals surface area contributed by atoms with E-state index in [0.717, 1.165) is 22.0 Å². The lowest BCUT2D eigenvalue weighted by atomic mass is 9.95. The largest absolute Gasteiger partial charge is 0.313 e. The molecule has 2 aromatic rings. The zero-order chi connectivity index (χ0) is 13.8. The van der Waals surface area contributed by atoms with Crippen LogP contribution < -0.4 is 5.32 Å². The van der Waals surface area contributed by atoms with Gasteiger partial charge in [0, 0.05) is 16.1 Å². The SMILES string of the molecule is CNC(Cc1ccccc1Cl)c1ccc(Cl)cc1C. The molecule has 0 aliphatic heterocycles. The van der Waals surface area contributed by atoms with E-state index in [2.05, 4.69) is 24.4 Å². The summed E-state index contributed by atoms with van der Waals surface area (Å²) in [4.78, 5) is 0. The Bertz CT molecular complexity index is 566. The molecule has 19 heavy (non-hydrogen) atoms. The highest BCUT2D eigenvalue weighted by Gasteiger charge is 2.14. The summed E-state index contributed by atoms with van der Waals surface area (Å²) in [6, 6.07) is 14.2. The number of aryl methyl sites for hydroxylation is 1. The minimum Gasteiger partial charge on any atom is -0.313 e. The molecule has 2 rings (SSSR count). The summed E-state index contributed by atoms with van der Waals surface area (Å²) in [5.74, 6) is 0. The molecule has 0 radical (unpaired) electrons. The summed E-state index contributed by atoms with van der Waals surface area (Å²) in [7, 11) is 1.97. The Morgan fingerprint density at radius 1 is 1.11 bits per heavy atom. The molecule has 0 saturated carbocycles. The van der Waals surface area contributed by atoms with Crippen molar-refractivity contribution in [2.45, 2.75) is 19.4 Å². The predicted molar refractivity (Wildman–Crippen MR) is 83.1 cm³/mol.